The maximum absolute atomic E-state index is 6.54. The Hall–Kier alpha value is -0.490. The van der Waals surface area contributed by atoms with E-state index in [4.69, 9.17) is 11.6 Å². The Labute approximate surface area is 118 Å². The van der Waals surface area contributed by atoms with Gasteiger partial charge < -0.3 is 0 Å². The Bertz CT molecular complexity index is 356. The van der Waals surface area contributed by atoms with E-state index in [0.29, 0.717) is 17.3 Å². The molecule has 0 N–H and O–H groups in total. The molecule has 0 saturated carbocycles. The molecular formula is C17H27Cl. The molecule has 0 aromatic heterocycles. The molecule has 0 amide bonds. The first-order valence-electron chi connectivity index (χ1n) is 6.95. The second-order valence-electron chi connectivity index (χ2n) is 6.79. The average Bonchev–Trinajstić information content (AvgIpc) is 2.27. The topological polar surface area (TPSA) is 0 Å². The molecule has 0 radical (unpaired) electrons. The summed E-state index contributed by atoms with van der Waals surface area (Å²) in [7, 11) is 0. The van der Waals surface area contributed by atoms with Crippen LogP contribution in [0.4, 0.5) is 0 Å². The highest BCUT2D eigenvalue weighted by atomic mass is 35.5. The summed E-state index contributed by atoms with van der Waals surface area (Å²) in [5.41, 5.74) is 2.95. The quantitative estimate of drug-likeness (QED) is 0.572. The van der Waals surface area contributed by atoms with Crippen molar-refractivity contribution < 1.29 is 0 Å². The van der Waals surface area contributed by atoms with Crippen molar-refractivity contribution in [1.82, 2.24) is 0 Å². The summed E-state index contributed by atoms with van der Waals surface area (Å²) >= 11 is 6.54. The van der Waals surface area contributed by atoms with E-state index in [2.05, 4.69) is 65.8 Å². The third kappa shape index (κ3) is 4.31. The Morgan fingerprint density at radius 1 is 0.944 bits per heavy atom. The van der Waals surface area contributed by atoms with Crippen molar-refractivity contribution in [2.24, 2.45) is 11.3 Å². The molecule has 0 fully saturated rings. The van der Waals surface area contributed by atoms with E-state index in [1.54, 1.807) is 0 Å². The van der Waals surface area contributed by atoms with Crippen LogP contribution in [0.25, 0.3) is 0 Å². The van der Waals surface area contributed by atoms with Gasteiger partial charge >= 0.3 is 0 Å². The summed E-state index contributed by atoms with van der Waals surface area (Å²) in [6.45, 7) is 13.6. The lowest BCUT2D eigenvalue weighted by Crippen LogP contribution is -2.18. The molecule has 0 bridgehead atoms. The first kappa shape index (κ1) is 15.6. The van der Waals surface area contributed by atoms with Gasteiger partial charge in [-0.05, 0) is 34.8 Å². The van der Waals surface area contributed by atoms with Crippen LogP contribution < -0.4 is 0 Å². The molecule has 1 rings (SSSR count). The van der Waals surface area contributed by atoms with Gasteiger partial charge in [-0.1, -0.05) is 65.8 Å². The summed E-state index contributed by atoms with van der Waals surface area (Å²) < 4.78 is 0. The number of alkyl halides is 1. The van der Waals surface area contributed by atoms with Gasteiger partial charge in [0.05, 0.1) is 5.38 Å². The van der Waals surface area contributed by atoms with Crippen LogP contribution in [0.3, 0.4) is 0 Å². The predicted molar refractivity (Wildman–Crippen MR) is 82.4 cm³/mol. The first-order valence-corrected chi connectivity index (χ1v) is 7.39. The van der Waals surface area contributed by atoms with E-state index in [0.717, 1.165) is 6.42 Å². The lowest BCUT2D eigenvalue weighted by Gasteiger charge is -2.29. The van der Waals surface area contributed by atoms with Crippen molar-refractivity contribution in [2.75, 3.05) is 0 Å². The second kappa shape index (κ2) is 6.10. The van der Waals surface area contributed by atoms with Crippen LogP contribution in [-0.2, 0) is 0 Å². The molecule has 0 aliphatic heterocycles. The zero-order chi connectivity index (χ0) is 13.9. The summed E-state index contributed by atoms with van der Waals surface area (Å²) in [6.07, 6.45) is 1.03. The van der Waals surface area contributed by atoms with E-state index in [-0.39, 0.29) is 5.38 Å². The van der Waals surface area contributed by atoms with E-state index >= 15 is 0 Å². The molecule has 2 unspecified atom stereocenters. The van der Waals surface area contributed by atoms with Gasteiger partial charge in [0, 0.05) is 0 Å². The van der Waals surface area contributed by atoms with Gasteiger partial charge in [-0.2, -0.15) is 0 Å². The van der Waals surface area contributed by atoms with E-state index in [1.807, 2.05) is 0 Å². The zero-order valence-corrected chi connectivity index (χ0v) is 13.4. The molecule has 0 spiro atoms. The van der Waals surface area contributed by atoms with Crippen LogP contribution in [0.5, 0.6) is 0 Å². The number of rotatable bonds is 4. The van der Waals surface area contributed by atoms with Crippen LogP contribution in [0.1, 0.15) is 70.4 Å². The predicted octanol–water partition coefficient (Wildman–Crippen LogP) is 6.16. The van der Waals surface area contributed by atoms with Crippen LogP contribution in [-0.4, -0.2) is 0 Å². The number of halogens is 1. The lowest BCUT2D eigenvalue weighted by atomic mass is 9.79. The van der Waals surface area contributed by atoms with Crippen LogP contribution in [0, 0.1) is 11.3 Å². The molecule has 2 atom stereocenters. The highest BCUT2D eigenvalue weighted by Gasteiger charge is 2.23. The van der Waals surface area contributed by atoms with E-state index in [9.17, 15) is 0 Å². The summed E-state index contributed by atoms with van der Waals surface area (Å²) in [5, 5.41) is 0.125. The number of hydrogen-bond acceptors (Lipinski definition) is 0. The molecule has 18 heavy (non-hydrogen) atoms. The minimum absolute atomic E-state index is 0.125. The van der Waals surface area contributed by atoms with Gasteiger partial charge in [-0.25, -0.2) is 0 Å². The van der Waals surface area contributed by atoms with Crippen LogP contribution in [0.2, 0.25) is 0 Å². The molecule has 0 heterocycles. The second-order valence-corrected chi connectivity index (χ2v) is 7.32. The minimum atomic E-state index is 0.125. The Balaban J connectivity index is 2.70. The fraction of sp³-hybridized carbons (Fsp3) is 0.647. The van der Waals surface area contributed by atoms with Gasteiger partial charge in [-0.3, -0.25) is 0 Å². The highest BCUT2D eigenvalue weighted by Crippen LogP contribution is 2.36. The highest BCUT2D eigenvalue weighted by molar-refractivity contribution is 6.20. The zero-order valence-electron chi connectivity index (χ0n) is 12.6. The van der Waals surface area contributed by atoms with Crippen molar-refractivity contribution in [1.29, 1.82) is 0 Å². The smallest absolute Gasteiger partial charge is 0.0588 e. The summed E-state index contributed by atoms with van der Waals surface area (Å²) in [5.74, 6) is 1.20. The van der Waals surface area contributed by atoms with E-state index < -0.39 is 0 Å². The van der Waals surface area contributed by atoms with Crippen molar-refractivity contribution >= 4 is 11.6 Å². The molecule has 1 aromatic rings. The molecule has 0 saturated heterocycles. The standard InChI is InChI=1S/C17H27Cl/c1-12(2)14-7-9-15(10-8-14)16(18)11-13(3)17(4,5)6/h7-10,12-13,16H,11H2,1-6H3. The summed E-state index contributed by atoms with van der Waals surface area (Å²) in [6, 6.07) is 8.78. The Morgan fingerprint density at radius 3 is 1.78 bits per heavy atom. The van der Waals surface area contributed by atoms with Gasteiger partial charge in [-0.15, -0.1) is 11.6 Å². The van der Waals surface area contributed by atoms with Crippen molar-refractivity contribution in [3.8, 4) is 0 Å². The Morgan fingerprint density at radius 2 is 1.39 bits per heavy atom. The van der Waals surface area contributed by atoms with Crippen LogP contribution >= 0.6 is 11.6 Å². The third-order valence-electron chi connectivity index (χ3n) is 4.00. The van der Waals surface area contributed by atoms with Crippen molar-refractivity contribution in [2.45, 2.75) is 59.3 Å². The normalized spacial score (nSPS) is 15.8. The van der Waals surface area contributed by atoms with Crippen molar-refractivity contribution in [3.63, 3.8) is 0 Å². The van der Waals surface area contributed by atoms with Gasteiger partial charge in [0.2, 0.25) is 0 Å². The molecule has 1 aromatic carbocycles. The molecular weight excluding hydrogens is 240 g/mol. The fourth-order valence-corrected chi connectivity index (χ4v) is 2.30. The van der Waals surface area contributed by atoms with Gasteiger partial charge in [0.15, 0.2) is 0 Å². The maximum atomic E-state index is 6.54. The Kier molecular flexibility index (Phi) is 5.28. The van der Waals surface area contributed by atoms with Gasteiger partial charge in [0.1, 0.15) is 0 Å². The molecule has 0 aliphatic carbocycles. The SMILES string of the molecule is CC(C)c1ccc(C(Cl)CC(C)C(C)(C)C)cc1. The number of hydrogen-bond donors (Lipinski definition) is 0. The maximum Gasteiger partial charge on any atom is 0.0588 e. The van der Waals surface area contributed by atoms with Crippen molar-refractivity contribution in [3.05, 3.63) is 35.4 Å². The van der Waals surface area contributed by atoms with E-state index in [1.165, 1.54) is 11.1 Å². The average molecular weight is 267 g/mol. The van der Waals surface area contributed by atoms with Crippen LogP contribution in [0.15, 0.2) is 24.3 Å². The monoisotopic (exact) mass is 266 g/mol. The fourth-order valence-electron chi connectivity index (χ4n) is 1.89. The summed E-state index contributed by atoms with van der Waals surface area (Å²) in [4.78, 5) is 0. The minimum Gasteiger partial charge on any atom is -0.118 e. The first-order chi connectivity index (χ1) is 8.21. The molecule has 102 valence electrons. The molecule has 1 heteroatoms. The molecule has 0 nitrogen and oxygen atoms in total. The molecule has 0 aliphatic rings. The largest absolute Gasteiger partial charge is 0.118 e. The lowest BCUT2D eigenvalue weighted by molar-refractivity contribution is 0.245. The number of benzene rings is 1. The van der Waals surface area contributed by atoms with Gasteiger partial charge in [0.25, 0.3) is 0 Å². The third-order valence-corrected chi connectivity index (χ3v) is 4.43.